The summed E-state index contributed by atoms with van der Waals surface area (Å²) in [4.78, 5) is 32.7. The number of anilines is 1. The molecule has 0 heterocycles. The molecule has 0 aliphatic carbocycles. The molecular formula is C10H9NO3. The second kappa shape index (κ2) is 4.32. The van der Waals surface area contributed by atoms with Crippen molar-refractivity contribution in [2.24, 2.45) is 0 Å². The third kappa shape index (κ3) is 2.04. The van der Waals surface area contributed by atoms with Gasteiger partial charge >= 0.3 is 0 Å². The maximum absolute atomic E-state index is 11.0. The van der Waals surface area contributed by atoms with Crippen LogP contribution in [0.2, 0.25) is 0 Å². The largest absolute Gasteiger partial charge is 0.295 e. The zero-order valence-corrected chi connectivity index (χ0v) is 7.64. The van der Waals surface area contributed by atoms with Crippen molar-refractivity contribution in [2.45, 2.75) is 6.92 Å². The maximum atomic E-state index is 11.0. The Kier molecular flexibility index (Phi) is 3.12. The Morgan fingerprint density at radius 2 is 1.93 bits per heavy atom. The highest BCUT2D eigenvalue weighted by atomic mass is 16.2. The van der Waals surface area contributed by atoms with Crippen LogP contribution >= 0.6 is 0 Å². The number of carbonyl (C=O) groups excluding carboxylic acids is 3. The van der Waals surface area contributed by atoms with Crippen LogP contribution in [0.4, 0.5) is 5.69 Å². The fourth-order valence-electron chi connectivity index (χ4n) is 1.03. The number of hydrogen-bond acceptors (Lipinski definition) is 3. The average Bonchev–Trinajstić information content (AvgIpc) is 2.20. The van der Waals surface area contributed by atoms with Gasteiger partial charge in [0.1, 0.15) is 0 Å². The number of hydrogen-bond donors (Lipinski definition) is 0. The first-order valence-electron chi connectivity index (χ1n) is 3.99. The second-order valence-corrected chi connectivity index (χ2v) is 2.72. The van der Waals surface area contributed by atoms with E-state index in [0.29, 0.717) is 24.1 Å². The van der Waals surface area contributed by atoms with Crippen molar-refractivity contribution in [3.05, 3.63) is 29.8 Å². The number of nitrogens with zero attached hydrogens (tertiary/aromatic N) is 1. The number of imide groups is 1. The summed E-state index contributed by atoms with van der Waals surface area (Å²) in [6, 6.07) is 6.31. The van der Waals surface area contributed by atoms with E-state index in [1.807, 2.05) is 0 Å². The van der Waals surface area contributed by atoms with Crippen LogP contribution in [0.5, 0.6) is 0 Å². The SMILES string of the molecule is CC(=O)c1cccc(N(C=O)C=O)c1. The highest BCUT2D eigenvalue weighted by molar-refractivity contribution is 5.99. The van der Waals surface area contributed by atoms with Crippen LogP contribution in [0.3, 0.4) is 0 Å². The van der Waals surface area contributed by atoms with Crippen LogP contribution in [0.1, 0.15) is 17.3 Å². The van der Waals surface area contributed by atoms with Gasteiger partial charge < -0.3 is 0 Å². The third-order valence-corrected chi connectivity index (χ3v) is 1.78. The summed E-state index contributed by atoms with van der Waals surface area (Å²) < 4.78 is 0. The average molecular weight is 191 g/mol. The van der Waals surface area contributed by atoms with E-state index in [-0.39, 0.29) is 5.78 Å². The molecule has 72 valence electrons. The lowest BCUT2D eigenvalue weighted by atomic mass is 10.1. The van der Waals surface area contributed by atoms with E-state index >= 15 is 0 Å². The van der Waals surface area contributed by atoms with Gasteiger partial charge in [-0.1, -0.05) is 12.1 Å². The number of Topliss-reactive ketones (excluding diaryl/α,β-unsaturated/α-hetero) is 1. The lowest BCUT2D eigenvalue weighted by molar-refractivity contribution is -0.113. The lowest BCUT2D eigenvalue weighted by Crippen LogP contribution is -2.18. The van der Waals surface area contributed by atoms with E-state index in [4.69, 9.17) is 0 Å². The van der Waals surface area contributed by atoms with Gasteiger partial charge in [-0.2, -0.15) is 0 Å². The van der Waals surface area contributed by atoms with Crippen LogP contribution in [-0.2, 0) is 9.59 Å². The van der Waals surface area contributed by atoms with Crippen molar-refractivity contribution in [3.8, 4) is 0 Å². The third-order valence-electron chi connectivity index (χ3n) is 1.78. The van der Waals surface area contributed by atoms with Gasteiger partial charge in [0.15, 0.2) is 5.78 Å². The molecule has 1 aromatic carbocycles. The van der Waals surface area contributed by atoms with E-state index in [1.165, 1.54) is 13.0 Å². The molecular weight excluding hydrogens is 182 g/mol. The molecule has 0 atom stereocenters. The first-order chi connectivity index (χ1) is 6.69. The number of benzene rings is 1. The van der Waals surface area contributed by atoms with E-state index in [9.17, 15) is 14.4 Å². The fraction of sp³-hybridized carbons (Fsp3) is 0.100. The normalized spacial score (nSPS) is 9.21. The van der Waals surface area contributed by atoms with Crippen molar-refractivity contribution < 1.29 is 14.4 Å². The van der Waals surface area contributed by atoms with Crippen LogP contribution in [0.25, 0.3) is 0 Å². The van der Waals surface area contributed by atoms with Crippen molar-refractivity contribution >= 4 is 24.3 Å². The Balaban J connectivity index is 3.09. The highest BCUT2D eigenvalue weighted by Gasteiger charge is 2.05. The number of amides is 2. The molecule has 0 unspecified atom stereocenters. The minimum atomic E-state index is -0.108. The second-order valence-electron chi connectivity index (χ2n) is 2.72. The minimum Gasteiger partial charge on any atom is -0.295 e. The summed E-state index contributed by atoms with van der Waals surface area (Å²) >= 11 is 0. The molecule has 0 saturated carbocycles. The van der Waals surface area contributed by atoms with Crippen LogP contribution < -0.4 is 4.90 Å². The zero-order valence-electron chi connectivity index (χ0n) is 7.64. The summed E-state index contributed by atoms with van der Waals surface area (Å²) in [6.45, 7) is 1.42. The molecule has 0 bridgehead atoms. The molecule has 0 N–H and O–H groups in total. The predicted octanol–water partition coefficient (Wildman–Crippen LogP) is 1.01. The van der Waals surface area contributed by atoms with E-state index in [2.05, 4.69) is 0 Å². The van der Waals surface area contributed by atoms with Crippen LogP contribution in [0, 0.1) is 0 Å². The highest BCUT2D eigenvalue weighted by Crippen LogP contribution is 2.13. The Morgan fingerprint density at radius 1 is 1.29 bits per heavy atom. The summed E-state index contributed by atoms with van der Waals surface area (Å²) in [5, 5.41) is 0. The molecule has 0 aromatic heterocycles. The Hall–Kier alpha value is -1.97. The van der Waals surface area contributed by atoms with Gasteiger partial charge in [-0.25, -0.2) is 0 Å². The Morgan fingerprint density at radius 3 is 2.43 bits per heavy atom. The van der Waals surface area contributed by atoms with Gasteiger partial charge in [0, 0.05) is 5.56 Å². The predicted molar refractivity (Wildman–Crippen MR) is 51.1 cm³/mol. The first kappa shape index (κ1) is 10.1. The fourth-order valence-corrected chi connectivity index (χ4v) is 1.03. The van der Waals surface area contributed by atoms with Crippen molar-refractivity contribution in [2.75, 3.05) is 4.90 Å². The molecule has 0 aliphatic rings. The molecule has 0 spiro atoms. The number of rotatable bonds is 4. The monoisotopic (exact) mass is 191 g/mol. The maximum Gasteiger partial charge on any atom is 0.220 e. The summed E-state index contributed by atoms with van der Waals surface area (Å²) in [6.07, 6.45) is 0.790. The molecule has 14 heavy (non-hydrogen) atoms. The minimum absolute atomic E-state index is 0.108. The molecule has 0 saturated heterocycles. The molecule has 4 heteroatoms. The van der Waals surface area contributed by atoms with Crippen LogP contribution in [-0.4, -0.2) is 18.6 Å². The summed E-state index contributed by atoms with van der Waals surface area (Å²) in [5.74, 6) is -0.108. The Bertz CT molecular complexity index is 365. The molecule has 1 rings (SSSR count). The quantitative estimate of drug-likeness (QED) is 0.527. The van der Waals surface area contributed by atoms with Crippen molar-refractivity contribution in [3.63, 3.8) is 0 Å². The molecule has 0 aliphatic heterocycles. The van der Waals surface area contributed by atoms with Gasteiger partial charge in [0.05, 0.1) is 5.69 Å². The molecule has 0 fully saturated rings. The van der Waals surface area contributed by atoms with E-state index < -0.39 is 0 Å². The smallest absolute Gasteiger partial charge is 0.220 e. The van der Waals surface area contributed by atoms with Gasteiger partial charge in [-0.05, 0) is 19.1 Å². The van der Waals surface area contributed by atoms with Crippen molar-refractivity contribution in [1.82, 2.24) is 0 Å². The molecule has 2 amide bonds. The zero-order chi connectivity index (χ0) is 10.6. The summed E-state index contributed by atoms with van der Waals surface area (Å²) in [5.41, 5.74) is 0.860. The number of carbonyl (C=O) groups is 3. The van der Waals surface area contributed by atoms with Gasteiger partial charge in [-0.3, -0.25) is 19.3 Å². The standard InChI is InChI=1S/C10H9NO3/c1-8(14)9-3-2-4-10(5-9)11(6-12)7-13/h2-7H,1H3. The van der Waals surface area contributed by atoms with Gasteiger partial charge in [0.25, 0.3) is 0 Å². The van der Waals surface area contributed by atoms with E-state index in [1.54, 1.807) is 18.2 Å². The Labute approximate surface area is 81.1 Å². The van der Waals surface area contributed by atoms with Gasteiger partial charge in [0.2, 0.25) is 12.8 Å². The lowest BCUT2D eigenvalue weighted by Gasteiger charge is -2.09. The molecule has 4 nitrogen and oxygen atoms in total. The topological polar surface area (TPSA) is 54.5 Å². The van der Waals surface area contributed by atoms with Gasteiger partial charge in [-0.15, -0.1) is 0 Å². The van der Waals surface area contributed by atoms with Crippen molar-refractivity contribution in [1.29, 1.82) is 0 Å². The molecule has 1 aromatic rings. The molecule has 0 radical (unpaired) electrons. The number of ketones is 1. The van der Waals surface area contributed by atoms with E-state index in [0.717, 1.165) is 4.90 Å². The summed E-state index contributed by atoms with van der Waals surface area (Å²) in [7, 11) is 0. The first-order valence-corrected chi connectivity index (χ1v) is 3.99. The van der Waals surface area contributed by atoms with Crippen LogP contribution in [0.15, 0.2) is 24.3 Å².